The molecule has 1 aromatic carbocycles. The van der Waals surface area contributed by atoms with E-state index in [1.54, 1.807) is 6.20 Å². The predicted octanol–water partition coefficient (Wildman–Crippen LogP) is 3.50. The van der Waals surface area contributed by atoms with Gasteiger partial charge in [-0.25, -0.2) is 0 Å². The Morgan fingerprint density at radius 1 is 1.17 bits per heavy atom. The zero-order valence-corrected chi connectivity index (χ0v) is 15.8. The van der Waals surface area contributed by atoms with Gasteiger partial charge in [0.25, 0.3) is 0 Å². The summed E-state index contributed by atoms with van der Waals surface area (Å²) in [6.07, 6.45) is 9.91. The normalized spacial score (nSPS) is 10.3. The molecule has 24 heavy (non-hydrogen) atoms. The first-order chi connectivity index (χ1) is 11.1. The molecule has 2 aromatic heterocycles. The third-order valence-electron chi connectivity index (χ3n) is 2.83. The van der Waals surface area contributed by atoms with Crippen LogP contribution in [0.4, 0.5) is 0 Å². The van der Waals surface area contributed by atoms with Crippen LogP contribution in [0.15, 0.2) is 72.9 Å². The number of carbonyl (C=O) groups excluding carboxylic acids is 1. The number of allylic oxidation sites excluding steroid dienone is 2. The van der Waals surface area contributed by atoms with Crippen molar-refractivity contribution in [3.63, 3.8) is 0 Å². The van der Waals surface area contributed by atoms with E-state index >= 15 is 0 Å². The number of hydrogen-bond acceptors (Lipinski definition) is 3. The molecule has 0 unspecified atom stereocenters. The third kappa shape index (κ3) is 5.65. The molecule has 0 aliphatic heterocycles. The van der Waals surface area contributed by atoms with Crippen LogP contribution >= 0.6 is 0 Å². The minimum atomic E-state index is -0.125. The Morgan fingerprint density at radius 2 is 1.88 bits per heavy atom. The molecule has 0 bridgehead atoms. The molecule has 0 saturated heterocycles. The topological polar surface area (TPSA) is 60.0 Å². The summed E-state index contributed by atoms with van der Waals surface area (Å²) in [5.41, 5.74) is 1.09. The summed E-state index contributed by atoms with van der Waals surface area (Å²) >= 11 is 0. The minimum Gasteiger partial charge on any atom is -0.512 e. The predicted molar refractivity (Wildman–Crippen MR) is 88.8 cm³/mol. The summed E-state index contributed by atoms with van der Waals surface area (Å²) in [5.74, 6) is 0.781. The van der Waals surface area contributed by atoms with Crippen molar-refractivity contribution in [3.8, 4) is 11.6 Å². The van der Waals surface area contributed by atoms with E-state index in [1.807, 2.05) is 51.9 Å². The average molecular weight is 501 g/mol. The summed E-state index contributed by atoms with van der Waals surface area (Å²) in [6, 6.07) is 13.9. The minimum absolute atomic E-state index is 0. The van der Waals surface area contributed by atoms with Crippen molar-refractivity contribution in [3.05, 3.63) is 79.1 Å². The zero-order chi connectivity index (χ0) is 16.7. The summed E-state index contributed by atoms with van der Waals surface area (Å²) in [6.45, 7) is 2.85. The van der Waals surface area contributed by atoms with Crippen LogP contribution in [-0.4, -0.2) is 25.0 Å². The number of para-hydroxylation sites is 1. The number of carbonyl (C=O) groups is 1. The van der Waals surface area contributed by atoms with Crippen molar-refractivity contribution in [2.75, 3.05) is 0 Å². The smallest absolute Gasteiger partial charge is 0.155 e. The molecule has 6 heteroatoms. The number of imidazole rings is 1. The van der Waals surface area contributed by atoms with E-state index < -0.39 is 0 Å². The van der Waals surface area contributed by atoms with E-state index in [4.69, 9.17) is 5.11 Å². The van der Waals surface area contributed by atoms with Crippen molar-refractivity contribution < 1.29 is 30.0 Å². The van der Waals surface area contributed by atoms with Crippen LogP contribution in [0, 0.1) is 6.20 Å². The van der Waals surface area contributed by atoms with Gasteiger partial charge < -0.3 is 14.2 Å². The first-order valence-electron chi connectivity index (χ1n) is 7.10. The number of nitrogens with zero attached hydrogens (tertiary/aromatic N) is 3. The van der Waals surface area contributed by atoms with Gasteiger partial charge in [-0.15, -0.1) is 12.3 Å². The van der Waals surface area contributed by atoms with Gasteiger partial charge in [0.2, 0.25) is 0 Å². The van der Waals surface area contributed by atoms with Gasteiger partial charge in [0.1, 0.15) is 5.95 Å². The first-order valence-corrected chi connectivity index (χ1v) is 7.10. The van der Waals surface area contributed by atoms with Crippen LogP contribution in [0.3, 0.4) is 0 Å². The number of aliphatic hydroxyl groups excluding tert-OH is 1. The number of aliphatic hydroxyl groups is 1. The second-order valence-corrected chi connectivity index (χ2v) is 4.84. The zero-order valence-electron chi connectivity index (χ0n) is 13.4. The fourth-order valence-corrected chi connectivity index (χ4v) is 1.98. The van der Waals surface area contributed by atoms with Gasteiger partial charge in [-0.05, 0) is 26.0 Å². The van der Waals surface area contributed by atoms with Gasteiger partial charge in [-0.3, -0.25) is 9.78 Å². The molecular weight excluding hydrogens is 482 g/mol. The maximum Gasteiger partial charge on any atom is 0.155 e. The van der Waals surface area contributed by atoms with Gasteiger partial charge in [0.05, 0.1) is 5.76 Å². The number of rotatable bonds is 3. The molecule has 0 aliphatic rings. The van der Waals surface area contributed by atoms with E-state index in [0.29, 0.717) is 0 Å². The molecule has 0 aliphatic carbocycles. The molecule has 0 spiro atoms. The van der Waals surface area contributed by atoms with Gasteiger partial charge >= 0.3 is 0 Å². The molecule has 0 atom stereocenters. The first kappa shape index (κ1) is 19.6. The summed E-state index contributed by atoms with van der Waals surface area (Å²) < 4.78 is 3.89. The average Bonchev–Trinajstić information content (AvgIpc) is 3.18. The molecule has 0 amide bonds. The molecule has 1 radical (unpaired) electrons. The Hall–Kier alpha value is -2.43. The molecule has 1 N–H and O–H groups in total. The Balaban J connectivity index is 0.000000312. The second-order valence-electron chi connectivity index (χ2n) is 4.84. The quantitative estimate of drug-likeness (QED) is 0.340. The van der Waals surface area contributed by atoms with Crippen LogP contribution in [0.2, 0.25) is 0 Å². The largest absolute Gasteiger partial charge is 0.512 e. The Morgan fingerprint density at radius 3 is 2.38 bits per heavy atom. The van der Waals surface area contributed by atoms with Crippen molar-refractivity contribution in [2.24, 2.45) is 0 Å². The molecule has 5 nitrogen and oxygen atoms in total. The van der Waals surface area contributed by atoms with Crippen molar-refractivity contribution in [1.29, 1.82) is 0 Å². The van der Waals surface area contributed by atoms with Crippen LogP contribution in [0.1, 0.15) is 13.8 Å². The van der Waals surface area contributed by atoms with E-state index in [1.165, 1.54) is 19.9 Å². The van der Waals surface area contributed by atoms with Crippen LogP contribution in [0.5, 0.6) is 0 Å². The maximum atomic E-state index is 10.0. The maximum absolute atomic E-state index is 10.0. The number of aromatic nitrogens is 3. The molecule has 3 aromatic rings. The van der Waals surface area contributed by atoms with E-state index in [-0.39, 0.29) is 31.6 Å². The summed E-state index contributed by atoms with van der Waals surface area (Å²) in [4.78, 5) is 14.3. The van der Waals surface area contributed by atoms with Gasteiger partial charge in [0.15, 0.2) is 5.78 Å². The van der Waals surface area contributed by atoms with Crippen molar-refractivity contribution in [2.45, 2.75) is 13.8 Å². The molecule has 2 heterocycles. The van der Waals surface area contributed by atoms with Crippen LogP contribution in [0.25, 0.3) is 11.6 Å². The van der Waals surface area contributed by atoms with Crippen LogP contribution in [-0.2, 0) is 24.9 Å². The molecule has 127 valence electrons. The number of hydrogen-bond donors (Lipinski definition) is 1. The summed E-state index contributed by atoms with van der Waals surface area (Å²) in [7, 11) is 0. The monoisotopic (exact) mass is 501 g/mol. The Labute approximate surface area is 154 Å². The Kier molecular flexibility index (Phi) is 7.89. The molecule has 3 rings (SSSR count). The van der Waals surface area contributed by atoms with Gasteiger partial charge in [-0.1, -0.05) is 24.4 Å². The fourth-order valence-electron chi connectivity index (χ4n) is 1.98. The molecule has 0 fully saturated rings. The van der Waals surface area contributed by atoms with Gasteiger partial charge in [-0.2, -0.15) is 6.07 Å². The third-order valence-corrected chi connectivity index (χ3v) is 2.83. The summed E-state index contributed by atoms with van der Waals surface area (Å²) in [5, 5.41) is 8.36. The Bertz CT molecular complexity index is 774. The van der Waals surface area contributed by atoms with Crippen molar-refractivity contribution in [1.82, 2.24) is 14.1 Å². The van der Waals surface area contributed by atoms with Crippen LogP contribution < -0.4 is 0 Å². The number of ketones is 1. The van der Waals surface area contributed by atoms with Gasteiger partial charge in [0, 0.05) is 44.3 Å². The van der Waals surface area contributed by atoms with E-state index in [9.17, 15) is 4.79 Å². The SMILES string of the molecule is CC(=O)/C=C(/C)O.[Ir].[c-]1cccn1-c1nccn1-c1ccccc1. The fraction of sp³-hybridized carbons (Fsp3) is 0.111. The molecule has 0 saturated carbocycles. The second kappa shape index (κ2) is 9.65. The van der Waals surface area contributed by atoms with E-state index in [2.05, 4.69) is 23.3 Å². The standard InChI is InChI=1S/C13H10N3.C5H8O2.Ir/c1-2-6-12(7-3-1)16-11-8-14-13(16)15-9-4-5-10-15;1-4(6)3-5(2)7;/h1-9,11H;3,6H,1-2H3;/q-1;;/b;4-3-;. The van der Waals surface area contributed by atoms with E-state index in [0.717, 1.165) is 11.6 Å². The van der Waals surface area contributed by atoms with Crippen molar-refractivity contribution >= 4 is 5.78 Å². The number of benzene rings is 1. The molecular formula is C18H18IrN3O2-.